The number of fused-ring (bicyclic) bond motifs is 1. The molecule has 126 valence electrons. The number of ether oxygens (including phenoxy) is 3. The molecule has 0 saturated carbocycles. The lowest BCUT2D eigenvalue weighted by Crippen LogP contribution is -2.30. The zero-order valence-corrected chi connectivity index (χ0v) is 13.8. The summed E-state index contributed by atoms with van der Waals surface area (Å²) in [4.78, 5) is 24.9. The summed E-state index contributed by atoms with van der Waals surface area (Å²) in [6.45, 7) is 1.14. The van der Waals surface area contributed by atoms with Gasteiger partial charge in [0.25, 0.3) is 5.91 Å². The molecule has 0 radical (unpaired) electrons. The van der Waals surface area contributed by atoms with Gasteiger partial charge in [-0.1, -0.05) is 6.07 Å². The molecule has 0 bridgehead atoms. The molecule has 3 rings (SSSR count). The fourth-order valence-corrected chi connectivity index (χ4v) is 2.92. The van der Waals surface area contributed by atoms with Gasteiger partial charge < -0.3 is 19.5 Å². The van der Waals surface area contributed by atoms with E-state index < -0.39 is 5.97 Å². The van der Waals surface area contributed by atoms with Gasteiger partial charge in [-0.25, -0.2) is 4.79 Å². The maximum Gasteiger partial charge on any atom is 0.338 e. The molecule has 0 unspecified atom stereocenters. The summed E-state index contributed by atoms with van der Waals surface area (Å²) < 4.78 is 15.8. The summed E-state index contributed by atoms with van der Waals surface area (Å²) in [6.07, 6.45) is 0.763. The van der Waals surface area contributed by atoms with Crippen LogP contribution in [0.25, 0.3) is 0 Å². The highest BCUT2D eigenvalue weighted by molar-refractivity contribution is 7.09. The minimum absolute atomic E-state index is 0.308. The molecule has 0 fully saturated rings. The van der Waals surface area contributed by atoms with Crippen molar-refractivity contribution in [1.29, 1.82) is 0 Å². The van der Waals surface area contributed by atoms with Crippen molar-refractivity contribution in [2.24, 2.45) is 0 Å². The van der Waals surface area contributed by atoms with E-state index in [2.05, 4.69) is 5.32 Å². The van der Waals surface area contributed by atoms with Gasteiger partial charge in [0.05, 0.1) is 5.56 Å². The lowest BCUT2D eigenvalue weighted by atomic mass is 10.2. The van der Waals surface area contributed by atoms with Crippen LogP contribution in [-0.4, -0.2) is 38.2 Å². The average Bonchev–Trinajstić information content (AvgIpc) is 3.12. The summed E-state index contributed by atoms with van der Waals surface area (Å²) in [6, 6.07) is 8.79. The average molecular weight is 347 g/mol. The minimum Gasteiger partial charge on any atom is -0.486 e. The molecule has 2 aromatic rings. The van der Waals surface area contributed by atoms with Crippen LogP contribution in [0.5, 0.6) is 11.5 Å². The number of hydrogen-bond acceptors (Lipinski definition) is 6. The number of rotatable bonds is 6. The number of esters is 1. The summed E-state index contributed by atoms with van der Waals surface area (Å²) in [5.74, 6) is 0.220. The molecule has 1 aromatic carbocycles. The quantitative estimate of drug-likeness (QED) is 0.810. The molecule has 24 heavy (non-hydrogen) atoms. The Morgan fingerprint density at radius 1 is 1.17 bits per heavy atom. The Hall–Kier alpha value is -2.54. The Kier molecular flexibility index (Phi) is 5.32. The zero-order valence-electron chi connectivity index (χ0n) is 12.9. The van der Waals surface area contributed by atoms with Crippen molar-refractivity contribution in [3.8, 4) is 11.5 Å². The number of hydrogen-bond donors (Lipinski definition) is 1. The highest BCUT2D eigenvalue weighted by Crippen LogP contribution is 2.30. The first-order valence-corrected chi connectivity index (χ1v) is 8.46. The molecule has 2 heterocycles. The van der Waals surface area contributed by atoms with Gasteiger partial charge in [-0.15, -0.1) is 11.3 Å². The second kappa shape index (κ2) is 7.83. The van der Waals surface area contributed by atoms with E-state index in [0.717, 1.165) is 6.42 Å². The van der Waals surface area contributed by atoms with E-state index in [9.17, 15) is 9.59 Å². The molecule has 6 nitrogen and oxygen atoms in total. The monoisotopic (exact) mass is 347 g/mol. The third-order valence-corrected chi connectivity index (χ3v) is 4.32. The van der Waals surface area contributed by atoms with E-state index in [1.54, 1.807) is 29.5 Å². The van der Waals surface area contributed by atoms with Gasteiger partial charge in [0.2, 0.25) is 0 Å². The van der Waals surface area contributed by atoms with Crippen LogP contribution < -0.4 is 14.8 Å². The number of carbonyl (C=O) groups is 2. The number of benzene rings is 1. The number of carbonyl (C=O) groups excluding carboxylic acids is 2. The Balaban J connectivity index is 1.44. The van der Waals surface area contributed by atoms with Crippen molar-refractivity contribution < 1.29 is 23.8 Å². The zero-order chi connectivity index (χ0) is 16.8. The number of amides is 1. The predicted octanol–water partition coefficient (Wildman–Crippen LogP) is 2.04. The summed E-state index contributed by atoms with van der Waals surface area (Å²) in [5, 5.41) is 4.72. The Bertz CT molecular complexity index is 714. The van der Waals surface area contributed by atoms with E-state index in [0.29, 0.717) is 36.8 Å². The molecule has 1 N–H and O–H groups in total. The maximum atomic E-state index is 12.0. The Morgan fingerprint density at radius 2 is 2.00 bits per heavy atom. The minimum atomic E-state index is -0.569. The van der Waals surface area contributed by atoms with Crippen LogP contribution in [0.15, 0.2) is 35.7 Å². The molecule has 1 aliphatic rings. The van der Waals surface area contributed by atoms with Crippen molar-refractivity contribution in [3.63, 3.8) is 0 Å². The SMILES string of the molecule is O=C(COC(=O)c1ccc2c(c1)OCCO2)NCCc1cccs1. The molecular formula is C17H17NO5S. The van der Waals surface area contributed by atoms with Crippen LogP contribution >= 0.6 is 11.3 Å². The first-order valence-electron chi connectivity index (χ1n) is 7.58. The van der Waals surface area contributed by atoms with E-state index in [1.165, 1.54) is 4.88 Å². The predicted molar refractivity (Wildman–Crippen MR) is 88.7 cm³/mol. The molecule has 1 aliphatic heterocycles. The molecule has 0 spiro atoms. The van der Waals surface area contributed by atoms with Crippen LogP contribution in [0, 0.1) is 0 Å². The topological polar surface area (TPSA) is 73.9 Å². The maximum absolute atomic E-state index is 12.0. The molecule has 7 heteroatoms. The van der Waals surface area contributed by atoms with E-state index in [1.807, 2.05) is 17.5 Å². The van der Waals surface area contributed by atoms with Crippen molar-refractivity contribution in [2.75, 3.05) is 26.4 Å². The largest absolute Gasteiger partial charge is 0.486 e. The van der Waals surface area contributed by atoms with Gasteiger partial charge in [0.1, 0.15) is 13.2 Å². The lowest BCUT2D eigenvalue weighted by molar-refractivity contribution is -0.124. The molecule has 0 aliphatic carbocycles. The normalized spacial score (nSPS) is 12.5. The van der Waals surface area contributed by atoms with E-state index in [4.69, 9.17) is 14.2 Å². The van der Waals surface area contributed by atoms with Crippen LogP contribution in [0.4, 0.5) is 0 Å². The van der Waals surface area contributed by atoms with Gasteiger partial charge in [-0.3, -0.25) is 4.79 Å². The molecule has 0 saturated heterocycles. The van der Waals surface area contributed by atoms with Crippen molar-refractivity contribution >= 4 is 23.2 Å². The van der Waals surface area contributed by atoms with Crippen molar-refractivity contribution in [2.45, 2.75) is 6.42 Å². The van der Waals surface area contributed by atoms with Crippen molar-refractivity contribution in [3.05, 3.63) is 46.2 Å². The van der Waals surface area contributed by atoms with Crippen LogP contribution in [0.1, 0.15) is 15.2 Å². The molecule has 1 amide bonds. The van der Waals surface area contributed by atoms with Gasteiger partial charge in [0, 0.05) is 11.4 Å². The first-order chi connectivity index (χ1) is 11.7. The lowest BCUT2D eigenvalue weighted by Gasteiger charge is -2.18. The first kappa shape index (κ1) is 16.3. The molecule has 1 aromatic heterocycles. The molecule has 0 atom stereocenters. The second-order valence-electron chi connectivity index (χ2n) is 5.11. The van der Waals surface area contributed by atoms with Crippen LogP contribution in [0.2, 0.25) is 0 Å². The standard InChI is InChI=1S/C17H17NO5S/c19-16(18-6-5-13-2-1-9-24-13)11-23-17(20)12-3-4-14-15(10-12)22-8-7-21-14/h1-4,9-10H,5-8,11H2,(H,18,19). The van der Waals surface area contributed by atoms with Crippen LogP contribution in [-0.2, 0) is 16.0 Å². The van der Waals surface area contributed by atoms with E-state index >= 15 is 0 Å². The van der Waals surface area contributed by atoms with Gasteiger partial charge >= 0.3 is 5.97 Å². The Morgan fingerprint density at radius 3 is 2.79 bits per heavy atom. The fourth-order valence-electron chi connectivity index (χ4n) is 2.22. The summed E-state index contributed by atoms with van der Waals surface area (Å²) >= 11 is 1.64. The number of nitrogens with one attached hydrogen (secondary N) is 1. The molecular weight excluding hydrogens is 330 g/mol. The van der Waals surface area contributed by atoms with Crippen molar-refractivity contribution in [1.82, 2.24) is 5.32 Å². The number of thiophene rings is 1. The highest BCUT2D eigenvalue weighted by atomic mass is 32.1. The third-order valence-electron chi connectivity index (χ3n) is 3.39. The van der Waals surface area contributed by atoms with E-state index in [-0.39, 0.29) is 12.5 Å². The smallest absolute Gasteiger partial charge is 0.338 e. The van der Waals surface area contributed by atoms with Gasteiger partial charge in [-0.2, -0.15) is 0 Å². The fraction of sp³-hybridized carbons (Fsp3) is 0.294. The highest BCUT2D eigenvalue weighted by Gasteiger charge is 2.16. The van der Waals surface area contributed by atoms with Gasteiger partial charge in [-0.05, 0) is 36.1 Å². The Labute approximate surface area is 143 Å². The second-order valence-corrected chi connectivity index (χ2v) is 6.15. The summed E-state index contributed by atoms with van der Waals surface area (Å²) in [7, 11) is 0. The van der Waals surface area contributed by atoms with Crippen LogP contribution in [0.3, 0.4) is 0 Å². The third kappa shape index (κ3) is 4.26. The summed E-state index contributed by atoms with van der Waals surface area (Å²) in [5.41, 5.74) is 0.325. The van der Waals surface area contributed by atoms with Gasteiger partial charge in [0.15, 0.2) is 18.1 Å².